The van der Waals surface area contributed by atoms with E-state index in [1.807, 2.05) is 0 Å². The number of carbonyl (C=O) groups excluding carboxylic acids is 1. The molecule has 0 saturated heterocycles. The number of methoxy groups -OCH3 is 1. The van der Waals surface area contributed by atoms with Crippen molar-refractivity contribution in [3.05, 3.63) is 53.1 Å². The molecule has 0 atom stereocenters. The molecule has 0 aliphatic heterocycles. The molecule has 8 heteroatoms. The van der Waals surface area contributed by atoms with Crippen LogP contribution in [0.25, 0.3) is 0 Å². The van der Waals surface area contributed by atoms with Gasteiger partial charge in [0.2, 0.25) is 0 Å². The molecule has 0 aliphatic carbocycles. The zero-order valence-corrected chi connectivity index (χ0v) is 12.6. The van der Waals surface area contributed by atoms with Crippen molar-refractivity contribution in [1.29, 1.82) is 0 Å². The van der Waals surface area contributed by atoms with Crippen molar-refractivity contribution in [2.45, 2.75) is 6.18 Å². The Bertz CT molecular complexity index is 720. The SMILES string of the molecule is COc1cccc(NC(=O)Nc2ccc(Cl)cc2C(F)(F)F)c1. The van der Waals surface area contributed by atoms with Crippen molar-refractivity contribution in [1.82, 2.24) is 0 Å². The molecule has 0 heterocycles. The smallest absolute Gasteiger partial charge is 0.418 e. The van der Waals surface area contributed by atoms with Gasteiger partial charge < -0.3 is 15.4 Å². The fourth-order valence-electron chi connectivity index (χ4n) is 1.85. The van der Waals surface area contributed by atoms with E-state index >= 15 is 0 Å². The highest BCUT2D eigenvalue weighted by Gasteiger charge is 2.34. The largest absolute Gasteiger partial charge is 0.497 e. The highest BCUT2D eigenvalue weighted by Crippen LogP contribution is 2.36. The van der Waals surface area contributed by atoms with Crippen LogP contribution in [0.4, 0.5) is 29.3 Å². The average molecular weight is 345 g/mol. The molecule has 0 aliphatic rings. The molecule has 0 aromatic heterocycles. The first kappa shape index (κ1) is 17.0. The molecule has 2 aromatic carbocycles. The molecule has 23 heavy (non-hydrogen) atoms. The molecular weight excluding hydrogens is 333 g/mol. The van der Waals surface area contributed by atoms with Crippen molar-refractivity contribution in [3.8, 4) is 5.75 Å². The van der Waals surface area contributed by atoms with Crippen LogP contribution < -0.4 is 15.4 Å². The summed E-state index contributed by atoms with van der Waals surface area (Å²) in [4.78, 5) is 11.9. The average Bonchev–Trinajstić information content (AvgIpc) is 2.48. The molecule has 2 aromatic rings. The summed E-state index contributed by atoms with van der Waals surface area (Å²) in [6, 6.07) is 8.71. The number of benzene rings is 2. The van der Waals surface area contributed by atoms with Crippen molar-refractivity contribution in [2.24, 2.45) is 0 Å². The summed E-state index contributed by atoms with van der Waals surface area (Å²) in [5, 5.41) is 4.52. The second-order valence-electron chi connectivity index (χ2n) is 4.50. The Morgan fingerprint density at radius 2 is 1.87 bits per heavy atom. The number of carbonyl (C=O) groups is 1. The highest BCUT2D eigenvalue weighted by atomic mass is 35.5. The van der Waals surface area contributed by atoms with Gasteiger partial charge in [-0.15, -0.1) is 0 Å². The van der Waals surface area contributed by atoms with Gasteiger partial charge in [0.25, 0.3) is 0 Å². The molecule has 2 N–H and O–H groups in total. The maximum atomic E-state index is 13.0. The van der Waals surface area contributed by atoms with Crippen LogP contribution >= 0.6 is 11.6 Å². The number of hydrogen-bond acceptors (Lipinski definition) is 2. The maximum Gasteiger partial charge on any atom is 0.418 e. The van der Waals surface area contributed by atoms with Gasteiger partial charge in [-0.25, -0.2) is 4.79 Å². The first-order chi connectivity index (χ1) is 10.8. The van der Waals surface area contributed by atoms with Crippen LogP contribution in [0.2, 0.25) is 5.02 Å². The highest BCUT2D eigenvalue weighted by molar-refractivity contribution is 6.30. The molecule has 0 saturated carbocycles. The zero-order chi connectivity index (χ0) is 17.0. The summed E-state index contributed by atoms with van der Waals surface area (Å²) in [6.45, 7) is 0. The molecule has 0 bridgehead atoms. The lowest BCUT2D eigenvalue weighted by molar-refractivity contribution is -0.136. The molecule has 0 fully saturated rings. The number of ether oxygens (including phenoxy) is 1. The Kier molecular flexibility index (Phi) is 5.00. The number of rotatable bonds is 3. The van der Waals surface area contributed by atoms with Gasteiger partial charge in [-0.05, 0) is 30.3 Å². The summed E-state index contributed by atoms with van der Waals surface area (Å²) in [6.07, 6.45) is -4.64. The molecule has 2 amide bonds. The van der Waals surface area contributed by atoms with Gasteiger partial charge >= 0.3 is 12.2 Å². The minimum Gasteiger partial charge on any atom is -0.497 e. The van der Waals surface area contributed by atoms with E-state index in [9.17, 15) is 18.0 Å². The van der Waals surface area contributed by atoms with Gasteiger partial charge in [0.1, 0.15) is 5.75 Å². The van der Waals surface area contributed by atoms with E-state index in [-0.39, 0.29) is 10.7 Å². The Hall–Kier alpha value is -2.41. The second-order valence-corrected chi connectivity index (χ2v) is 4.94. The van der Waals surface area contributed by atoms with Crippen molar-refractivity contribution < 1.29 is 22.7 Å². The fourth-order valence-corrected chi connectivity index (χ4v) is 2.02. The van der Waals surface area contributed by atoms with Gasteiger partial charge in [0, 0.05) is 16.8 Å². The minimum absolute atomic E-state index is 0.0731. The minimum atomic E-state index is -4.64. The first-order valence-electron chi connectivity index (χ1n) is 6.38. The van der Waals surface area contributed by atoms with E-state index in [0.29, 0.717) is 11.4 Å². The molecule has 4 nitrogen and oxygen atoms in total. The van der Waals surface area contributed by atoms with E-state index in [1.54, 1.807) is 18.2 Å². The topological polar surface area (TPSA) is 50.4 Å². The first-order valence-corrected chi connectivity index (χ1v) is 6.76. The third-order valence-electron chi connectivity index (χ3n) is 2.86. The Morgan fingerprint density at radius 3 is 2.52 bits per heavy atom. The summed E-state index contributed by atoms with van der Waals surface area (Å²) >= 11 is 5.58. The quantitative estimate of drug-likeness (QED) is 0.822. The van der Waals surface area contributed by atoms with Crippen molar-refractivity contribution in [3.63, 3.8) is 0 Å². The van der Waals surface area contributed by atoms with E-state index < -0.39 is 17.8 Å². The maximum absolute atomic E-state index is 13.0. The molecule has 2 rings (SSSR count). The van der Waals surface area contributed by atoms with Crippen LogP contribution in [-0.2, 0) is 6.18 Å². The number of amides is 2. The summed E-state index contributed by atoms with van der Waals surface area (Å²) in [7, 11) is 1.46. The number of anilines is 2. The Balaban J connectivity index is 2.17. The van der Waals surface area contributed by atoms with Crippen molar-refractivity contribution in [2.75, 3.05) is 17.7 Å². The summed E-state index contributed by atoms with van der Waals surface area (Å²) < 4.78 is 43.9. The number of hydrogen-bond donors (Lipinski definition) is 2. The molecule has 0 unspecified atom stereocenters. The van der Waals surface area contributed by atoms with E-state index in [0.717, 1.165) is 12.1 Å². The lowest BCUT2D eigenvalue weighted by Crippen LogP contribution is -2.21. The number of alkyl halides is 3. The molecule has 0 radical (unpaired) electrons. The Morgan fingerprint density at radius 1 is 1.13 bits per heavy atom. The fraction of sp³-hybridized carbons (Fsp3) is 0.133. The van der Waals surface area contributed by atoms with E-state index in [2.05, 4.69) is 10.6 Å². The van der Waals surface area contributed by atoms with Gasteiger partial charge in [0.15, 0.2) is 0 Å². The van der Waals surface area contributed by atoms with Crippen LogP contribution in [0, 0.1) is 0 Å². The Labute approximate surface area is 135 Å². The van der Waals surface area contributed by atoms with Crippen LogP contribution in [-0.4, -0.2) is 13.1 Å². The second kappa shape index (κ2) is 6.78. The predicted molar refractivity (Wildman–Crippen MR) is 82.1 cm³/mol. The molecular formula is C15H12ClF3N2O2. The summed E-state index contributed by atoms with van der Waals surface area (Å²) in [5.74, 6) is 0.505. The summed E-state index contributed by atoms with van der Waals surface area (Å²) in [5.41, 5.74) is -1.03. The number of nitrogens with one attached hydrogen (secondary N) is 2. The standard InChI is InChI=1S/C15H12ClF3N2O2/c1-23-11-4-2-3-10(8-11)20-14(22)21-13-6-5-9(16)7-12(13)15(17,18)19/h2-8H,1H3,(H2,20,21,22). The predicted octanol–water partition coefficient (Wildman–Crippen LogP) is 5.01. The van der Waals surface area contributed by atoms with Crippen LogP contribution in [0.15, 0.2) is 42.5 Å². The van der Waals surface area contributed by atoms with Crippen LogP contribution in [0.1, 0.15) is 5.56 Å². The van der Waals surface area contributed by atoms with Crippen LogP contribution in [0.3, 0.4) is 0 Å². The van der Waals surface area contributed by atoms with Crippen molar-refractivity contribution >= 4 is 29.0 Å². The lowest BCUT2D eigenvalue weighted by atomic mass is 10.1. The third-order valence-corrected chi connectivity index (χ3v) is 3.10. The zero-order valence-electron chi connectivity index (χ0n) is 11.9. The van der Waals surface area contributed by atoms with Gasteiger partial charge in [-0.1, -0.05) is 17.7 Å². The number of halogens is 4. The van der Waals surface area contributed by atoms with Gasteiger partial charge in [-0.3, -0.25) is 0 Å². The van der Waals surface area contributed by atoms with Gasteiger partial charge in [-0.2, -0.15) is 13.2 Å². The molecule has 122 valence electrons. The molecule has 0 spiro atoms. The third kappa shape index (κ3) is 4.53. The normalized spacial score (nSPS) is 11.0. The van der Waals surface area contributed by atoms with Gasteiger partial charge in [0.05, 0.1) is 18.4 Å². The van der Waals surface area contributed by atoms with E-state index in [1.165, 1.54) is 19.2 Å². The van der Waals surface area contributed by atoms with Crippen LogP contribution in [0.5, 0.6) is 5.75 Å². The lowest BCUT2D eigenvalue weighted by Gasteiger charge is -2.14. The number of urea groups is 1. The monoisotopic (exact) mass is 344 g/mol. The van der Waals surface area contributed by atoms with E-state index in [4.69, 9.17) is 16.3 Å².